The third-order valence-corrected chi connectivity index (χ3v) is 5.94. The van der Waals surface area contributed by atoms with Crippen LogP contribution >= 0.6 is 24.0 Å². The zero-order valence-corrected chi connectivity index (χ0v) is 21.3. The van der Waals surface area contributed by atoms with Crippen molar-refractivity contribution in [2.45, 2.75) is 51.0 Å². The topological polar surface area (TPSA) is 70.6 Å². The summed E-state index contributed by atoms with van der Waals surface area (Å²) in [6.45, 7) is 6.05. The highest BCUT2D eigenvalue weighted by Crippen LogP contribution is 2.17. The molecule has 166 valence electrons. The standard InChI is InChI=1S/C23H33N3O2S.HI/c1-4-24-23(25-16-10-6-9-13-20-11-7-5-8-12-20)26-18-21-14-15-22(19(2)17-21)29(3,27)28;/h5,7-8,11-12,14-15,17H,4,6,9-10,13,16,18H2,1-3H3,(H2,24,25,26);1H. The van der Waals surface area contributed by atoms with Crippen LogP contribution in [0.4, 0.5) is 0 Å². The summed E-state index contributed by atoms with van der Waals surface area (Å²) in [6, 6.07) is 16.0. The van der Waals surface area contributed by atoms with Crippen molar-refractivity contribution in [3.63, 3.8) is 0 Å². The van der Waals surface area contributed by atoms with Crippen LogP contribution in [0.3, 0.4) is 0 Å². The molecule has 0 saturated carbocycles. The molecule has 0 aromatic heterocycles. The maximum absolute atomic E-state index is 11.7. The van der Waals surface area contributed by atoms with Gasteiger partial charge in [0.1, 0.15) is 0 Å². The fourth-order valence-corrected chi connectivity index (χ4v) is 4.18. The van der Waals surface area contributed by atoms with Crippen LogP contribution < -0.4 is 10.6 Å². The summed E-state index contributed by atoms with van der Waals surface area (Å²) in [5.74, 6) is 0.792. The molecule has 0 bridgehead atoms. The first kappa shape index (κ1) is 26.4. The van der Waals surface area contributed by atoms with Gasteiger partial charge in [0.15, 0.2) is 15.8 Å². The number of nitrogens with zero attached hydrogens (tertiary/aromatic N) is 1. The first-order valence-corrected chi connectivity index (χ1v) is 12.1. The number of nitrogens with one attached hydrogen (secondary N) is 2. The van der Waals surface area contributed by atoms with Crippen molar-refractivity contribution in [1.29, 1.82) is 0 Å². The van der Waals surface area contributed by atoms with Gasteiger partial charge in [-0.15, -0.1) is 24.0 Å². The van der Waals surface area contributed by atoms with Crippen LogP contribution in [0, 0.1) is 6.92 Å². The Morgan fingerprint density at radius 1 is 0.967 bits per heavy atom. The number of aryl methyl sites for hydroxylation is 2. The lowest BCUT2D eigenvalue weighted by atomic mass is 10.1. The molecular weight excluding hydrogens is 509 g/mol. The molecule has 0 radical (unpaired) electrons. The van der Waals surface area contributed by atoms with E-state index in [1.165, 1.54) is 24.7 Å². The summed E-state index contributed by atoms with van der Waals surface area (Å²) in [6.07, 6.45) is 5.82. The molecule has 2 N–H and O–H groups in total. The van der Waals surface area contributed by atoms with Crippen LogP contribution in [0.1, 0.15) is 42.9 Å². The maximum atomic E-state index is 11.7. The Morgan fingerprint density at radius 2 is 1.70 bits per heavy atom. The average molecular weight is 544 g/mol. The van der Waals surface area contributed by atoms with Crippen LogP contribution in [-0.2, 0) is 22.8 Å². The second kappa shape index (κ2) is 13.6. The Hall–Kier alpha value is -1.61. The van der Waals surface area contributed by atoms with Gasteiger partial charge in [0, 0.05) is 19.3 Å². The fraction of sp³-hybridized carbons (Fsp3) is 0.435. The monoisotopic (exact) mass is 543 g/mol. The second-order valence-corrected chi connectivity index (χ2v) is 9.27. The number of aliphatic imine (C=N–C) groups is 1. The average Bonchev–Trinajstić information content (AvgIpc) is 2.68. The predicted octanol–water partition coefficient (Wildman–Crippen LogP) is 4.48. The van der Waals surface area contributed by atoms with Crippen molar-refractivity contribution in [2.24, 2.45) is 4.99 Å². The van der Waals surface area contributed by atoms with Crippen LogP contribution in [0.5, 0.6) is 0 Å². The number of hydrogen-bond donors (Lipinski definition) is 2. The molecule has 0 saturated heterocycles. The summed E-state index contributed by atoms with van der Waals surface area (Å²) in [5, 5.41) is 6.65. The number of rotatable bonds is 10. The fourth-order valence-electron chi connectivity index (χ4n) is 3.22. The Bertz CT molecular complexity index is 900. The lowest BCUT2D eigenvalue weighted by Gasteiger charge is -2.12. The van der Waals surface area contributed by atoms with Crippen LogP contribution in [-0.4, -0.2) is 33.7 Å². The van der Waals surface area contributed by atoms with Gasteiger partial charge in [-0.3, -0.25) is 0 Å². The molecule has 5 nitrogen and oxygen atoms in total. The van der Waals surface area contributed by atoms with E-state index in [9.17, 15) is 8.42 Å². The zero-order valence-electron chi connectivity index (χ0n) is 18.1. The second-order valence-electron chi connectivity index (χ2n) is 7.29. The summed E-state index contributed by atoms with van der Waals surface area (Å²) >= 11 is 0. The Kier molecular flexibility index (Phi) is 12.0. The van der Waals surface area contributed by atoms with Crippen molar-refractivity contribution >= 4 is 39.8 Å². The molecule has 2 aromatic carbocycles. The first-order valence-electron chi connectivity index (χ1n) is 10.3. The Balaban J connectivity index is 0.00000450. The number of halogens is 1. The van der Waals surface area contributed by atoms with Gasteiger partial charge in [-0.1, -0.05) is 48.9 Å². The van der Waals surface area contributed by atoms with E-state index in [1.807, 2.05) is 26.0 Å². The number of unbranched alkanes of at least 4 members (excludes halogenated alkanes) is 2. The molecule has 0 fully saturated rings. The molecule has 0 aliphatic rings. The highest BCUT2D eigenvalue weighted by atomic mass is 127. The lowest BCUT2D eigenvalue weighted by molar-refractivity contribution is 0.601. The molecule has 7 heteroatoms. The third kappa shape index (κ3) is 9.47. The van der Waals surface area contributed by atoms with E-state index in [-0.39, 0.29) is 24.0 Å². The molecule has 0 amide bonds. The van der Waals surface area contributed by atoms with Crippen molar-refractivity contribution in [2.75, 3.05) is 19.3 Å². The van der Waals surface area contributed by atoms with Gasteiger partial charge in [0.05, 0.1) is 11.4 Å². The highest BCUT2D eigenvalue weighted by molar-refractivity contribution is 14.0. The minimum Gasteiger partial charge on any atom is -0.357 e. The van der Waals surface area contributed by atoms with Gasteiger partial charge in [0.25, 0.3) is 0 Å². The van der Waals surface area contributed by atoms with Gasteiger partial charge in [0.2, 0.25) is 0 Å². The smallest absolute Gasteiger partial charge is 0.191 e. The van der Waals surface area contributed by atoms with Gasteiger partial charge in [-0.2, -0.15) is 0 Å². The first-order chi connectivity index (χ1) is 13.9. The van der Waals surface area contributed by atoms with E-state index in [4.69, 9.17) is 0 Å². The molecule has 0 spiro atoms. The summed E-state index contributed by atoms with van der Waals surface area (Å²) in [7, 11) is -3.19. The molecule has 0 heterocycles. The Labute approximate surface area is 198 Å². The molecule has 30 heavy (non-hydrogen) atoms. The minimum absolute atomic E-state index is 0. The maximum Gasteiger partial charge on any atom is 0.191 e. The molecule has 2 aromatic rings. The van der Waals surface area contributed by atoms with E-state index >= 15 is 0 Å². The van der Waals surface area contributed by atoms with E-state index in [0.717, 1.165) is 43.0 Å². The molecule has 0 aliphatic carbocycles. The van der Waals surface area contributed by atoms with Crippen molar-refractivity contribution in [3.8, 4) is 0 Å². The number of guanidine groups is 1. The van der Waals surface area contributed by atoms with Crippen molar-refractivity contribution in [1.82, 2.24) is 10.6 Å². The molecular formula is C23H34IN3O2S. The van der Waals surface area contributed by atoms with Crippen molar-refractivity contribution < 1.29 is 8.42 Å². The summed E-state index contributed by atoms with van der Waals surface area (Å²) in [5.41, 5.74) is 3.15. The number of benzene rings is 2. The largest absolute Gasteiger partial charge is 0.357 e. The SMILES string of the molecule is CCNC(=NCc1ccc(S(C)(=O)=O)c(C)c1)NCCCCCc1ccccc1.I. The summed E-state index contributed by atoms with van der Waals surface area (Å²) in [4.78, 5) is 5.01. The van der Waals surface area contributed by atoms with E-state index in [2.05, 4.69) is 46.0 Å². The van der Waals surface area contributed by atoms with Crippen LogP contribution in [0.15, 0.2) is 58.4 Å². The molecule has 2 rings (SSSR count). The third-order valence-electron chi connectivity index (χ3n) is 4.68. The van der Waals surface area contributed by atoms with Gasteiger partial charge in [-0.05, 0) is 55.9 Å². The van der Waals surface area contributed by atoms with E-state index < -0.39 is 9.84 Å². The minimum atomic E-state index is -3.19. The van der Waals surface area contributed by atoms with Crippen molar-refractivity contribution in [3.05, 3.63) is 65.2 Å². The Morgan fingerprint density at radius 3 is 2.33 bits per heavy atom. The summed E-state index contributed by atoms with van der Waals surface area (Å²) < 4.78 is 23.5. The number of hydrogen-bond acceptors (Lipinski definition) is 3. The van der Waals surface area contributed by atoms with Crippen LogP contribution in [0.2, 0.25) is 0 Å². The molecule has 0 unspecified atom stereocenters. The van der Waals surface area contributed by atoms with E-state index in [0.29, 0.717) is 11.4 Å². The lowest BCUT2D eigenvalue weighted by Crippen LogP contribution is -2.37. The normalized spacial score (nSPS) is 11.6. The van der Waals surface area contributed by atoms with E-state index in [1.54, 1.807) is 6.07 Å². The van der Waals surface area contributed by atoms with Crippen LogP contribution in [0.25, 0.3) is 0 Å². The quantitative estimate of drug-likeness (QED) is 0.201. The predicted molar refractivity (Wildman–Crippen MR) is 137 cm³/mol. The van der Waals surface area contributed by atoms with Gasteiger partial charge in [-0.25, -0.2) is 13.4 Å². The highest BCUT2D eigenvalue weighted by Gasteiger charge is 2.10. The molecule has 0 atom stereocenters. The van der Waals surface area contributed by atoms with Gasteiger partial charge >= 0.3 is 0 Å². The molecule has 0 aliphatic heterocycles. The van der Waals surface area contributed by atoms with Gasteiger partial charge < -0.3 is 10.6 Å². The number of sulfone groups is 1. The zero-order chi connectivity index (χ0) is 21.1.